The lowest BCUT2D eigenvalue weighted by molar-refractivity contribution is 0.102. The van der Waals surface area contributed by atoms with Crippen molar-refractivity contribution in [2.75, 3.05) is 5.32 Å². The van der Waals surface area contributed by atoms with Crippen molar-refractivity contribution in [3.05, 3.63) is 64.5 Å². The summed E-state index contributed by atoms with van der Waals surface area (Å²) in [5.74, 6) is -0.192. The first kappa shape index (κ1) is 13.7. The number of fused-ring (bicyclic) bond motifs is 1. The van der Waals surface area contributed by atoms with Crippen LogP contribution < -0.4 is 5.32 Å². The molecule has 1 amide bonds. The van der Waals surface area contributed by atoms with Crippen LogP contribution in [-0.2, 0) is 0 Å². The molecule has 0 aliphatic rings. The van der Waals surface area contributed by atoms with Gasteiger partial charge in [0.25, 0.3) is 5.91 Å². The Hall–Kier alpha value is -2.27. The molecular formula is C16H12BrN3O. The van der Waals surface area contributed by atoms with Crippen LogP contribution in [0.3, 0.4) is 0 Å². The van der Waals surface area contributed by atoms with Gasteiger partial charge in [-0.25, -0.2) is 4.98 Å². The Kier molecular flexibility index (Phi) is 3.66. The Balaban J connectivity index is 1.95. The molecule has 1 aromatic carbocycles. The largest absolute Gasteiger partial charge is 0.321 e. The van der Waals surface area contributed by atoms with Crippen molar-refractivity contribution in [3.8, 4) is 0 Å². The summed E-state index contributed by atoms with van der Waals surface area (Å²) in [7, 11) is 0. The Morgan fingerprint density at radius 2 is 2.00 bits per heavy atom. The van der Waals surface area contributed by atoms with Crippen molar-refractivity contribution in [3.63, 3.8) is 0 Å². The lowest BCUT2D eigenvalue weighted by Gasteiger charge is -2.08. The first-order chi connectivity index (χ1) is 10.1. The van der Waals surface area contributed by atoms with Gasteiger partial charge in [0.2, 0.25) is 0 Å². The predicted octanol–water partition coefficient (Wildman–Crippen LogP) is 3.95. The van der Waals surface area contributed by atoms with Crippen molar-refractivity contribution in [2.24, 2.45) is 0 Å². The van der Waals surface area contributed by atoms with E-state index in [1.165, 1.54) is 0 Å². The average Bonchev–Trinajstić information content (AvgIpc) is 2.50. The molecule has 0 saturated heterocycles. The van der Waals surface area contributed by atoms with Gasteiger partial charge in [0, 0.05) is 11.6 Å². The molecule has 5 heteroatoms. The highest BCUT2D eigenvalue weighted by Gasteiger charge is 2.11. The number of rotatable bonds is 2. The van der Waals surface area contributed by atoms with E-state index in [2.05, 4.69) is 31.2 Å². The number of carbonyl (C=O) groups excluding carboxylic acids is 1. The number of pyridine rings is 2. The fourth-order valence-electron chi connectivity index (χ4n) is 2.11. The second kappa shape index (κ2) is 5.61. The molecule has 4 nitrogen and oxygen atoms in total. The smallest absolute Gasteiger partial charge is 0.257 e. The summed E-state index contributed by atoms with van der Waals surface area (Å²) < 4.78 is 0.771. The van der Waals surface area contributed by atoms with Gasteiger partial charge in [-0.3, -0.25) is 9.78 Å². The van der Waals surface area contributed by atoms with Crippen LogP contribution in [0.4, 0.5) is 5.69 Å². The Labute approximate surface area is 130 Å². The van der Waals surface area contributed by atoms with Gasteiger partial charge in [-0.2, -0.15) is 0 Å². The van der Waals surface area contributed by atoms with E-state index < -0.39 is 0 Å². The van der Waals surface area contributed by atoms with Crippen molar-refractivity contribution < 1.29 is 4.79 Å². The molecule has 0 atom stereocenters. The molecule has 0 spiro atoms. The zero-order valence-electron chi connectivity index (χ0n) is 11.3. The molecule has 0 fully saturated rings. The van der Waals surface area contributed by atoms with Gasteiger partial charge in [-0.1, -0.05) is 18.2 Å². The number of nitrogens with one attached hydrogen (secondary N) is 1. The van der Waals surface area contributed by atoms with Crippen molar-refractivity contribution >= 4 is 38.4 Å². The van der Waals surface area contributed by atoms with Crippen LogP contribution in [0.1, 0.15) is 15.9 Å². The van der Waals surface area contributed by atoms with Gasteiger partial charge in [-0.15, -0.1) is 0 Å². The third kappa shape index (κ3) is 2.78. The van der Waals surface area contributed by atoms with Gasteiger partial charge in [-0.05, 0) is 46.6 Å². The molecule has 1 N–H and O–H groups in total. The van der Waals surface area contributed by atoms with Crippen LogP contribution in [0.25, 0.3) is 10.9 Å². The van der Waals surface area contributed by atoms with Crippen LogP contribution in [0.5, 0.6) is 0 Å². The van der Waals surface area contributed by atoms with Crippen molar-refractivity contribution in [1.29, 1.82) is 0 Å². The standard InChI is InChI=1S/C16H12BrN3O/c1-10-8-12(9-19-15(10)17)20-16(21)13-6-2-4-11-5-3-7-18-14(11)13/h2-9H,1H3,(H,20,21). The number of anilines is 1. The third-order valence-electron chi connectivity index (χ3n) is 3.15. The molecule has 0 unspecified atom stereocenters. The first-order valence-corrected chi connectivity index (χ1v) is 7.22. The number of benzene rings is 1. The van der Waals surface area contributed by atoms with Crippen LogP contribution in [0.2, 0.25) is 0 Å². The van der Waals surface area contributed by atoms with Gasteiger partial charge in [0.15, 0.2) is 0 Å². The minimum atomic E-state index is -0.192. The number of amides is 1. The summed E-state index contributed by atoms with van der Waals surface area (Å²) in [5, 5.41) is 3.80. The predicted molar refractivity (Wildman–Crippen MR) is 86.4 cm³/mol. The van der Waals surface area contributed by atoms with Gasteiger partial charge < -0.3 is 5.32 Å². The second-order valence-electron chi connectivity index (χ2n) is 4.67. The highest BCUT2D eigenvalue weighted by atomic mass is 79.9. The van der Waals surface area contributed by atoms with Crippen molar-refractivity contribution in [2.45, 2.75) is 6.92 Å². The first-order valence-electron chi connectivity index (χ1n) is 6.42. The maximum atomic E-state index is 12.4. The van der Waals surface area contributed by atoms with E-state index in [1.54, 1.807) is 18.5 Å². The highest BCUT2D eigenvalue weighted by Crippen LogP contribution is 2.20. The molecule has 0 aliphatic carbocycles. The number of aryl methyl sites for hydroxylation is 1. The van der Waals surface area contributed by atoms with E-state index in [9.17, 15) is 4.79 Å². The van der Waals surface area contributed by atoms with Crippen LogP contribution in [0.15, 0.2) is 53.4 Å². The molecule has 3 aromatic rings. The Bertz CT molecular complexity index is 827. The lowest BCUT2D eigenvalue weighted by atomic mass is 10.1. The zero-order chi connectivity index (χ0) is 14.8. The van der Waals surface area contributed by atoms with E-state index >= 15 is 0 Å². The minimum Gasteiger partial charge on any atom is -0.321 e. The maximum absolute atomic E-state index is 12.4. The van der Waals surface area contributed by atoms with Crippen LogP contribution >= 0.6 is 15.9 Å². The number of aromatic nitrogens is 2. The summed E-state index contributed by atoms with van der Waals surface area (Å²) in [6.45, 7) is 1.92. The fraction of sp³-hybridized carbons (Fsp3) is 0.0625. The van der Waals surface area contributed by atoms with E-state index in [0.717, 1.165) is 15.6 Å². The van der Waals surface area contributed by atoms with E-state index in [4.69, 9.17) is 0 Å². The highest BCUT2D eigenvalue weighted by molar-refractivity contribution is 9.10. The SMILES string of the molecule is Cc1cc(NC(=O)c2cccc3cccnc23)cnc1Br. The summed E-state index contributed by atoms with van der Waals surface area (Å²) in [6, 6.07) is 11.2. The van der Waals surface area contributed by atoms with Crippen LogP contribution in [0, 0.1) is 6.92 Å². The minimum absolute atomic E-state index is 0.192. The summed E-state index contributed by atoms with van der Waals surface area (Å²) in [6.07, 6.45) is 3.30. The Morgan fingerprint density at radius 3 is 2.81 bits per heavy atom. The molecule has 3 rings (SSSR count). The quantitative estimate of drug-likeness (QED) is 0.718. The maximum Gasteiger partial charge on any atom is 0.257 e. The topological polar surface area (TPSA) is 54.9 Å². The van der Waals surface area contributed by atoms with Crippen LogP contribution in [-0.4, -0.2) is 15.9 Å². The molecule has 0 radical (unpaired) electrons. The molecule has 2 heterocycles. The van der Waals surface area contributed by atoms with E-state index in [1.807, 2.05) is 37.3 Å². The zero-order valence-corrected chi connectivity index (χ0v) is 12.9. The lowest BCUT2D eigenvalue weighted by Crippen LogP contribution is -2.13. The Morgan fingerprint density at radius 1 is 1.19 bits per heavy atom. The number of hydrogen-bond acceptors (Lipinski definition) is 3. The summed E-state index contributed by atoms with van der Waals surface area (Å²) in [5.41, 5.74) is 2.87. The fourth-order valence-corrected chi connectivity index (χ4v) is 2.33. The molecule has 0 saturated carbocycles. The van der Waals surface area contributed by atoms with Gasteiger partial charge in [0.1, 0.15) is 4.60 Å². The number of para-hydroxylation sites is 1. The molecule has 104 valence electrons. The van der Waals surface area contributed by atoms with Gasteiger partial charge >= 0.3 is 0 Å². The second-order valence-corrected chi connectivity index (χ2v) is 5.42. The molecular weight excluding hydrogens is 330 g/mol. The number of carbonyl (C=O) groups is 1. The molecule has 2 aromatic heterocycles. The monoisotopic (exact) mass is 341 g/mol. The molecule has 0 aliphatic heterocycles. The average molecular weight is 342 g/mol. The summed E-state index contributed by atoms with van der Waals surface area (Å²) >= 11 is 3.34. The number of hydrogen-bond donors (Lipinski definition) is 1. The molecule has 21 heavy (non-hydrogen) atoms. The summed E-state index contributed by atoms with van der Waals surface area (Å²) in [4.78, 5) is 20.9. The van der Waals surface area contributed by atoms with Gasteiger partial charge in [0.05, 0.1) is 23.0 Å². The third-order valence-corrected chi connectivity index (χ3v) is 3.98. The van der Waals surface area contributed by atoms with Crippen molar-refractivity contribution in [1.82, 2.24) is 9.97 Å². The van der Waals surface area contributed by atoms with E-state index in [0.29, 0.717) is 16.8 Å². The number of nitrogens with zero attached hydrogens (tertiary/aromatic N) is 2. The normalized spacial score (nSPS) is 10.6. The molecule has 0 bridgehead atoms. The van der Waals surface area contributed by atoms with E-state index in [-0.39, 0.29) is 5.91 Å². The number of halogens is 1.